The van der Waals surface area contributed by atoms with Crippen molar-refractivity contribution in [3.8, 4) is 0 Å². The first-order valence-electron chi connectivity index (χ1n) is 6.91. The molecular weight excluding hydrogens is 342 g/mol. The van der Waals surface area contributed by atoms with Crippen molar-refractivity contribution in [2.75, 3.05) is 18.6 Å². The Balaban J connectivity index is 1.89. The number of nitrogen functional groups attached to an aromatic ring is 1. The quantitative estimate of drug-likeness (QED) is 0.643. The van der Waals surface area contributed by atoms with Crippen LogP contribution in [0.1, 0.15) is 13.2 Å². The number of thioether (sulfide) groups is 1. The van der Waals surface area contributed by atoms with E-state index in [1.807, 2.05) is 6.26 Å². The zero-order valence-electron chi connectivity index (χ0n) is 12.5. The highest BCUT2D eigenvalue weighted by Crippen LogP contribution is 2.40. The van der Waals surface area contributed by atoms with Crippen molar-refractivity contribution in [1.29, 1.82) is 0 Å². The lowest BCUT2D eigenvalue weighted by Crippen LogP contribution is -2.29. The van der Waals surface area contributed by atoms with E-state index in [0.29, 0.717) is 17.0 Å². The molecule has 0 saturated carbocycles. The van der Waals surface area contributed by atoms with Crippen LogP contribution in [0.2, 0.25) is 0 Å². The number of hydrogen-bond acceptors (Lipinski definition) is 8. The van der Waals surface area contributed by atoms with E-state index in [-0.39, 0.29) is 29.3 Å². The Labute approximate surface area is 141 Å². The average Bonchev–Trinajstić information content (AvgIpc) is 3.07. The Morgan fingerprint density at radius 3 is 3.00 bits per heavy atom. The molecule has 4 atom stereocenters. The van der Waals surface area contributed by atoms with E-state index in [2.05, 4.69) is 15.0 Å². The number of carbonyl (C=O) groups is 1. The summed E-state index contributed by atoms with van der Waals surface area (Å²) in [6, 6.07) is 0. The number of nitrogens with two attached hydrogens (primary N) is 1. The molecule has 2 aromatic rings. The molecule has 1 aliphatic rings. The van der Waals surface area contributed by atoms with Crippen LogP contribution in [0.15, 0.2) is 12.7 Å². The molecule has 2 N–H and O–H groups in total. The van der Waals surface area contributed by atoms with Crippen molar-refractivity contribution in [2.45, 2.75) is 29.9 Å². The first kappa shape index (κ1) is 16.3. The summed E-state index contributed by atoms with van der Waals surface area (Å²) in [6.45, 7) is 1.52. The number of anilines is 1. The molecule has 0 spiro atoms. The zero-order chi connectivity index (χ0) is 16.6. The first-order chi connectivity index (χ1) is 11.0. The molecule has 2 aromatic heterocycles. The molecule has 0 bridgehead atoms. The van der Waals surface area contributed by atoms with Gasteiger partial charge < -0.3 is 15.2 Å². The number of hydrogen-bond donors (Lipinski definition) is 1. The van der Waals surface area contributed by atoms with Crippen molar-refractivity contribution < 1.29 is 14.3 Å². The van der Waals surface area contributed by atoms with Crippen LogP contribution in [0.3, 0.4) is 0 Å². The number of carbonyl (C=O) groups excluding carboxylic acids is 1. The molecule has 124 valence electrons. The van der Waals surface area contributed by atoms with E-state index in [4.69, 9.17) is 26.8 Å². The lowest BCUT2D eigenvalue weighted by molar-refractivity contribution is -0.145. The third-order valence-electron chi connectivity index (χ3n) is 3.65. The summed E-state index contributed by atoms with van der Waals surface area (Å²) in [7, 11) is 0. The van der Waals surface area contributed by atoms with Gasteiger partial charge in [0.15, 0.2) is 17.7 Å². The minimum Gasteiger partial charge on any atom is -0.463 e. The molecule has 0 amide bonds. The fraction of sp³-hybridized carbons (Fsp3) is 0.538. The van der Waals surface area contributed by atoms with Crippen molar-refractivity contribution in [2.24, 2.45) is 0 Å². The van der Waals surface area contributed by atoms with Crippen molar-refractivity contribution in [3.63, 3.8) is 0 Å². The third-order valence-corrected chi connectivity index (χ3v) is 5.43. The number of halogens is 1. The second-order valence-electron chi connectivity index (χ2n) is 5.10. The standard InChI is InChI=1S/C13H16ClN5O3S/c1-6(20)21-3-7-10(23-2)8(14)13(22-7)19-5-18-9-11(15)16-4-17-12(9)19/h4-5,7-8,10,13H,3H2,1-2H3,(H2,15,16,17)/t7-,8-,10+,13-/m1/s1. The van der Waals surface area contributed by atoms with Crippen molar-refractivity contribution >= 4 is 46.3 Å². The number of ether oxygens (including phenoxy) is 2. The maximum Gasteiger partial charge on any atom is 0.302 e. The molecule has 0 aromatic carbocycles. The fourth-order valence-corrected chi connectivity index (χ4v) is 4.08. The molecule has 10 heteroatoms. The average molecular weight is 358 g/mol. The maximum atomic E-state index is 11.0. The normalized spacial score (nSPS) is 27.4. The number of nitrogens with zero attached hydrogens (tertiary/aromatic N) is 4. The predicted molar refractivity (Wildman–Crippen MR) is 87.2 cm³/mol. The van der Waals surface area contributed by atoms with Gasteiger partial charge in [0.05, 0.1) is 17.0 Å². The van der Waals surface area contributed by atoms with Crippen LogP contribution in [0, 0.1) is 0 Å². The zero-order valence-corrected chi connectivity index (χ0v) is 14.1. The van der Waals surface area contributed by atoms with Gasteiger partial charge in [0.25, 0.3) is 0 Å². The number of imidazole rings is 1. The Hall–Kier alpha value is -1.58. The molecule has 3 rings (SSSR count). The van der Waals surface area contributed by atoms with E-state index in [1.54, 1.807) is 22.7 Å². The number of aromatic nitrogens is 4. The smallest absolute Gasteiger partial charge is 0.302 e. The van der Waals surface area contributed by atoms with E-state index < -0.39 is 6.23 Å². The molecule has 23 heavy (non-hydrogen) atoms. The van der Waals surface area contributed by atoms with E-state index in [1.165, 1.54) is 13.3 Å². The summed E-state index contributed by atoms with van der Waals surface area (Å²) < 4.78 is 12.8. The number of rotatable bonds is 4. The van der Waals surface area contributed by atoms with Gasteiger partial charge in [-0.3, -0.25) is 9.36 Å². The molecule has 0 unspecified atom stereocenters. The third kappa shape index (κ3) is 2.96. The molecular formula is C13H16ClN5O3S. The minimum absolute atomic E-state index is 0.0300. The Bertz CT molecular complexity index is 727. The van der Waals surface area contributed by atoms with Gasteiger partial charge >= 0.3 is 5.97 Å². The lowest BCUT2D eigenvalue weighted by Gasteiger charge is -2.16. The van der Waals surface area contributed by atoms with Gasteiger partial charge in [-0.05, 0) is 6.26 Å². The van der Waals surface area contributed by atoms with Gasteiger partial charge in [0.1, 0.15) is 24.6 Å². The predicted octanol–water partition coefficient (Wildman–Crippen LogP) is 1.21. The van der Waals surface area contributed by atoms with Crippen LogP contribution in [-0.2, 0) is 14.3 Å². The van der Waals surface area contributed by atoms with Crippen LogP contribution in [0.25, 0.3) is 11.2 Å². The Kier molecular flexibility index (Phi) is 4.60. The highest BCUT2D eigenvalue weighted by atomic mass is 35.5. The summed E-state index contributed by atoms with van der Waals surface area (Å²) in [5.41, 5.74) is 6.86. The summed E-state index contributed by atoms with van der Waals surface area (Å²) in [6.07, 6.45) is 4.11. The summed E-state index contributed by atoms with van der Waals surface area (Å²) in [5.74, 6) is -0.0487. The van der Waals surface area contributed by atoms with Gasteiger partial charge in [-0.25, -0.2) is 15.0 Å². The highest BCUT2D eigenvalue weighted by molar-refractivity contribution is 7.99. The summed E-state index contributed by atoms with van der Waals surface area (Å²) >= 11 is 8.15. The van der Waals surface area contributed by atoms with Crippen LogP contribution >= 0.6 is 23.4 Å². The van der Waals surface area contributed by atoms with E-state index in [0.717, 1.165) is 0 Å². The van der Waals surface area contributed by atoms with Crippen molar-refractivity contribution in [3.05, 3.63) is 12.7 Å². The molecule has 0 radical (unpaired) electrons. The second kappa shape index (κ2) is 6.50. The molecule has 1 saturated heterocycles. The fourth-order valence-electron chi connectivity index (χ4n) is 2.59. The number of alkyl halides is 1. The van der Waals surface area contributed by atoms with E-state index >= 15 is 0 Å². The minimum atomic E-state index is -0.478. The number of esters is 1. The van der Waals surface area contributed by atoms with Crippen molar-refractivity contribution in [1.82, 2.24) is 19.5 Å². The summed E-state index contributed by atoms with van der Waals surface area (Å²) in [5, 5.41) is -0.364. The van der Waals surface area contributed by atoms with E-state index in [9.17, 15) is 4.79 Å². The molecule has 0 aliphatic carbocycles. The van der Waals surface area contributed by atoms with Crippen LogP contribution in [-0.4, -0.2) is 55.1 Å². The summed E-state index contributed by atoms with van der Waals surface area (Å²) in [4.78, 5) is 23.4. The largest absolute Gasteiger partial charge is 0.463 e. The Morgan fingerprint density at radius 1 is 1.52 bits per heavy atom. The second-order valence-corrected chi connectivity index (χ2v) is 6.62. The maximum absolute atomic E-state index is 11.0. The Morgan fingerprint density at radius 2 is 2.30 bits per heavy atom. The monoisotopic (exact) mass is 357 g/mol. The van der Waals surface area contributed by atoms with Gasteiger partial charge in [0, 0.05) is 6.92 Å². The van der Waals surface area contributed by atoms with Crippen LogP contribution < -0.4 is 5.73 Å². The lowest BCUT2D eigenvalue weighted by atomic mass is 10.2. The molecule has 3 heterocycles. The van der Waals surface area contributed by atoms with Gasteiger partial charge in [-0.2, -0.15) is 11.8 Å². The molecule has 1 aliphatic heterocycles. The molecule has 8 nitrogen and oxygen atoms in total. The van der Waals surface area contributed by atoms with Crippen LogP contribution in [0.5, 0.6) is 0 Å². The van der Waals surface area contributed by atoms with Gasteiger partial charge in [0.2, 0.25) is 0 Å². The topological polar surface area (TPSA) is 105 Å². The number of fused-ring (bicyclic) bond motifs is 1. The molecule has 1 fully saturated rings. The van der Waals surface area contributed by atoms with Crippen LogP contribution in [0.4, 0.5) is 5.82 Å². The van der Waals surface area contributed by atoms with Gasteiger partial charge in [-0.15, -0.1) is 11.6 Å². The van der Waals surface area contributed by atoms with Gasteiger partial charge in [-0.1, -0.05) is 0 Å². The highest BCUT2D eigenvalue weighted by Gasteiger charge is 2.45. The SMILES string of the molecule is CS[C@@H]1[C@@H](Cl)[C@H](n2cnc3c(N)ncnc32)O[C@@H]1COC(C)=O. The first-order valence-corrected chi connectivity index (χ1v) is 8.64.